The molecule has 0 spiro atoms. The third-order valence-electron chi connectivity index (χ3n) is 3.59. The normalized spacial score (nSPS) is 12.0. The van der Waals surface area contributed by atoms with Gasteiger partial charge in [-0.25, -0.2) is 0 Å². The molecule has 2 N–H and O–H groups in total. The fourth-order valence-electron chi connectivity index (χ4n) is 2.38. The van der Waals surface area contributed by atoms with Crippen molar-refractivity contribution in [3.8, 4) is 0 Å². The van der Waals surface area contributed by atoms with E-state index in [-0.39, 0.29) is 0 Å². The molecule has 0 amide bonds. The molecule has 1 rings (SSSR count). The second-order valence-electron chi connectivity index (χ2n) is 5.28. The first-order chi connectivity index (χ1) is 9.51. The van der Waals surface area contributed by atoms with Gasteiger partial charge in [-0.05, 0) is 49.8 Å². The van der Waals surface area contributed by atoms with Gasteiger partial charge in [0.2, 0.25) is 0 Å². The maximum Gasteiger partial charge on any atom is 0.0647 e. The molecule has 2 heteroatoms. The summed E-state index contributed by atoms with van der Waals surface area (Å²) in [5, 5.41) is 16.5. The first kappa shape index (κ1) is 16.4. The largest absolute Gasteiger partial charge is 0.305 e. The van der Waals surface area contributed by atoms with Gasteiger partial charge in [0, 0.05) is 5.71 Å². The van der Waals surface area contributed by atoms with Crippen LogP contribution in [-0.4, -0.2) is 11.4 Å². The fourth-order valence-corrected chi connectivity index (χ4v) is 2.38. The van der Waals surface area contributed by atoms with E-state index in [1.165, 1.54) is 5.56 Å². The molecule has 2 nitrogen and oxygen atoms in total. The Hall–Kier alpha value is -1.70. The number of aryl methyl sites for hydroxylation is 1. The molecular weight excluding hydrogens is 244 g/mol. The number of rotatable bonds is 7. The summed E-state index contributed by atoms with van der Waals surface area (Å²) < 4.78 is 0. The molecule has 1 aromatic carbocycles. The molecule has 1 aromatic rings. The molecule has 0 heterocycles. The van der Waals surface area contributed by atoms with E-state index < -0.39 is 0 Å². The topological polar surface area (TPSA) is 47.7 Å². The molecule has 0 saturated carbocycles. The summed E-state index contributed by atoms with van der Waals surface area (Å²) in [6.45, 7) is 8.12. The van der Waals surface area contributed by atoms with Gasteiger partial charge in [0.25, 0.3) is 0 Å². The average Bonchev–Trinajstić information content (AvgIpc) is 2.43. The van der Waals surface area contributed by atoms with E-state index in [1.807, 2.05) is 31.2 Å². The summed E-state index contributed by atoms with van der Waals surface area (Å²) in [6.07, 6.45) is 3.89. The van der Waals surface area contributed by atoms with E-state index in [2.05, 4.69) is 20.8 Å². The SMILES string of the molecule is CCCC/C(C(=N)c1ccc(C)cc1)=C(\CC)C(C)=N. The van der Waals surface area contributed by atoms with Crippen LogP contribution < -0.4 is 0 Å². The van der Waals surface area contributed by atoms with Crippen LogP contribution >= 0.6 is 0 Å². The van der Waals surface area contributed by atoms with Crippen molar-refractivity contribution in [2.45, 2.75) is 53.4 Å². The van der Waals surface area contributed by atoms with Gasteiger partial charge in [0.1, 0.15) is 0 Å². The molecule has 20 heavy (non-hydrogen) atoms. The smallest absolute Gasteiger partial charge is 0.0647 e. The summed E-state index contributed by atoms with van der Waals surface area (Å²) in [5.41, 5.74) is 5.42. The Kier molecular flexibility index (Phi) is 6.37. The number of hydrogen-bond acceptors (Lipinski definition) is 2. The number of hydrogen-bond donors (Lipinski definition) is 2. The van der Waals surface area contributed by atoms with Crippen LogP contribution in [0.1, 0.15) is 57.6 Å². The van der Waals surface area contributed by atoms with Crippen molar-refractivity contribution in [3.05, 3.63) is 46.5 Å². The zero-order valence-corrected chi connectivity index (χ0v) is 13.1. The third-order valence-corrected chi connectivity index (χ3v) is 3.59. The van der Waals surface area contributed by atoms with Crippen LogP contribution in [0.3, 0.4) is 0 Å². The lowest BCUT2D eigenvalue weighted by molar-refractivity contribution is 0.796. The highest BCUT2D eigenvalue weighted by atomic mass is 14.5. The average molecular weight is 270 g/mol. The number of unbranched alkanes of at least 4 members (excludes halogenated alkanes) is 1. The van der Waals surface area contributed by atoms with Crippen LogP contribution in [0, 0.1) is 17.7 Å². The molecule has 0 fully saturated rings. The molecular formula is C18H26N2. The Labute approximate surface area is 122 Å². The summed E-state index contributed by atoms with van der Waals surface area (Å²) in [7, 11) is 0. The maximum absolute atomic E-state index is 8.51. The van der Waals surface area contributed by atoms with Crippen LogP contribution in [0.25, 0.3) is 0 Å². The van der Waals surface area contributed by atoms with E-state index in [4.69, 9.17) is 10.8 Å². The lowest BCUT2D eigenvalue weighted by Gasteiger charge is -2.15. The molecule has 0 aliphatic rings. The van der Waals surface area contributed by atoms with Gasteiger partial charge in [-0.3, -0.25) is 5.41 Å². The van der Waals surface area contributed by atoms with Gasteiger partial charge in [0.15, 0.2) is 0 Å². The first-order valence-electron chi connectivity index (χ1n) is 7.44. The molecule has 0 atom stereocenters. The minimum Gasteiger partial charge on any atom is -0.305 e. The lowest BCUT2D eigenvalue weighted by Crippen LogP contribution is -2.11. The predicted octanol–water partition coefficient (Wildman–Crippen LogP) is 5.30. The highest BCUT2D eigenvalue weighted by Gasteiger charge is 2.14. The van der Waals surface area contributed by atoms with Gasteiger partial charge in [0.05, 0.1) is 5.71 Å². The van der Waals surface area contributed by atoms with Crippen molar-refractivity contribution < 1.29 is 0 Å². The van der Waals surface area contributed by atoms with Crippen molar-refractivity contribution in [2.24, 2.45) is 0 Å². The quantitative estimate of drug-likeness (QED) is 0.632. The fraction of sp³-hybridized carbons (Fsp3) is 0.444. The van der Waals surface area contributed by atoms with Gasteiger partial charge in [-0.15, -0.1) is 0 Å². The predicted molar refractivity (Wildman–Crippen MR) is 88.3 cm³/mol. The molecule has 0 aliphatic heterocycles. The molecule has 0 bridgehead atoms. The zero-order valence-electron chi connectivity index (χ0n) is 13.1. The molecule has 0 unspecified atom stereocenters. The van der Waals surface area contributed by atoms with E-state index in [0.29, 0.717) is 11.4 Å². The third kappa shape index (κ3) is 4.16. The molecule has 0 saturated heterocycles. The summed E-state index contributed by atoms with van der Waals surface area (Å²) in [6, 6.07) is 8.11. The van der Waals surface area contributed by atoms with Crippen molar-refractivity contribution >= 4 is 11.4 Å². The van der Waals surface area contributed by atoms with Crippen LogP contribution in [0.5, 0.6) is 0 Å². The van der Waals surface area contributed by atoms with Gasteiger partial charge in [-0.1, -0.05) is 50.1 Å². The molecule has 108 valence electrons. The first-order valence-corrected chi connectivity index (χ1v) is 7.44. The number of benzene rings is 1. The maximum atomic E-state index is 8.51. The van der Waals surface area contributed by atoms with Crippen LogP contribution in [0.15, 0.2) is 35.4 Å². The number of allylic oxidation sites excluding steroid dienone is 2. The standard InChI is InChI=1S/C18H26N2/c1-5-7-8-17(16(6-2)14(4)19)18(20)15-11-9-13(3)10-12-15/h9-12,19-20H,5-8H2,1-4H3/b17-16-,19-14?,20-18?. The highest BCUT2D eigenvalue weighted by molar-refractivity contribution is 6.15. The van der Waals surface area contributed by atoms with E-state index in [0.717, 1.165) is 42.4 Å². The molecule has 0 aromatic heterocycles. The Morgan fingerprint density at radius 1 is 1.00 bits per heavy atom. The van der Waals surface area contributed by atoms with E-state index >= 15 is 0 Å². The van der Waals surface area contributed by atoms with Gasteiger partial charge < -0.3 is 5.41 Å². The summed E-state index contributed by atoms with van der Waals surface area (Å²) >= 11 is 0. The second-order valence-corrected chi connectivity index (χ2v) is 5.28. The van der Waals surface area contributed by atoms with Crippen LogP contribution in [0.2, 0.25) is 0 Å². The Bertz CT molecular complexity index is 507. The van der Waals surface area contributed by atoms with Gasteiger partial charge >= 0.3 is 0 Å². The monoisotopic (exact) mass is 270 g/mol. The Balaban J connectivity index is 3.19. The van der Waals surface area contributed by atoms with Crippen LogP contribution in [0.4, 0.5) is 0 Å². The molecule has 0 radical (unpaired) electrons. The highest BCUT2D eigenvalue weighted by Crippen LogP contribution is 2.21. The van der Waals surface area contributed by atoms with Crippen molar-refractivity contribution in [2.75, 3.05) is 0 Å². The van der Waals surface area contributed by atoms with Gasteiger partial charge in [-0.2, -0.15) is 0 Å². The van der Waals surface area contributed by atoms with Crippen molar-refractivity contribution in [1.29, 1.82) is 10.8 Å². The molecule has 0 aliphatic carbocycles. The number of nitrogens with one attached hydrogen (secondary N) is 2. The Morgan fingerprint density at radius 2 is 1.60 bits per heavy atom. The minimum absolute atomic E-state index is 0.585. The van der Waals surface area contributed by atoms with E-state index in [9.17, 15) is 0 Å². The summed E-state index contributed by atoms with van der Waals surface area (Å²) in [5.74, 6) is 0. The second kappa shape index (κ2) is 7.78. The lowest BCUT2D eigenvalue weighted by atomic mass is 9.90. The van der Waals surface area contributed by atoms with Crippen LogP contribution in [-0.2, 0) is 0 Å². The summed E-state index contributed by atoms with van der Waals surface area (Å²) in [4.78, 5) is 0. The van der Waals surface area contributed by atoms with E-state index in [1.54, 1.807) is 0 Å². The van der Waals surface area contributed by atoms with Crippen molar-refractivity contribution in [1.82, 2.24) is 0 Å². The van der Waals surface area contributed by atoms with Crippen molar-refractivity contribution in [3.63, 3.8) is 0 Å². The Morgan fingerprint density at radius 3 is 2.05 bits per heavy atom. The zero-order chi connectivity index (χ0) is 15.1. The minimum atomic E-state index is 0.585.